The van der Waals surface area contributed by atoms with Crippen LogP contribution in [0.2, 0.25) is 0 Å². The van der Waals surface area contributed by atoms with Gasteiger partial charge in [-0.25, -0.2) is 13.4 Å². The summed E-state index contributed by atoms with van der Waals surface area (Å²) in [4.78, 5) is 5.14. The highest BCUT2D eigenvalue weighted by molar-refractivity contribution is 7.98. The first-order valence-corrected chi connectivity index (χ1v) is 13.4. The summed E-state index contributed by atoms with van der Waals surface area (Å²) < 4.78 is 32.0. The second kappa shape index (κ2) is 8.22. The molecule has 31 heavy (non-hydrogen) atoms. The Morgan fingerprint density at radius 3 is 2.61 bits per heavy atom. The minimum Gasteiger partial charge on any atom is -0.328 e. The molecule has 3 aromatic rings. The van der Waals surface area contributed by atoms with Crippen LogP contribution in [-0.4, -0.2) is 50.1 Å². The Morgan fingerprint density at radius 1 is 1.13 bits per heavy atom. The van der Waals surface area contributed by atoms with Gasteiger partial charge in [-0.1, -0.05) is 18.2 Å². The van der Waals surface area contributed by atoms with Crippen LogP contribution in [0, 0.1) is 0 Å². The molecule has 1 saturated heterocycles. The van der Waals surface area contributed by atoms with E-state index in [1.807, 2.05) is 13.1 Å². The van der Waals surface area contributed by atoms with Gasteiger partial charge in [0, 0.05) is 32.6 Å². The van der Waals surface area contributed by atoms with Crippen LogP contribution in [0.3, 0.4) is 0 Å². The van der Waals surface area contributed by atoms with Crippen LogP contribution >= 0.6 is 11.8 Å². The third-order valence-corrected chi connectivity index (χ3v) is 9.12. The molecule has 10 heteroatoms. The van der Waals surface area contributed by atoms with Gasteiger partial charge < -0.3 is 9.13 Å². The molecule has 1 aliphatic heterocycles. The summed E-state index contributed by atoms with van der Waals surface area (Å²) in [6, 6.07) is 5.35. The molecule has 0 radical (unpaired) electrons. The third-order valence-electron chi connectivity index (χ3n) is 6.21. The summed E-state index contributed by atoms with van der Waals surface area (Å²) in [6.45, 7) is 4.07. The van der Waals surface area contributed by atoms with Crippen LogP contribution in [0.15, 0.2) is 28.3 Å². The summed E-state index contributed by atoms with van der Waals surface area (Å²) >= 11 is 1.62. The maximum atomic E-state index is 13.1. The minimum absolute atomic E-state index is 0.337. The first-order valence-electron chi connectivity index (χ1n) is 11.0. The summed E-state index contributed by atoms with van der Waals surface area (Å²) in [5.74, 6) is 3.21. The fraction of sp³-hybridized carbons (Fsp3) is 0.571. The number of fused-ring (bicyclic) bond motifs is 1. The highest BCUT2D eigenvalue weighted by Gasteiger charge is 2.29. The minimum atomic E-state index is -3.47. The Morgan fingerprint density at radius 2 is 1.90 bits per heavy atom. The lowest BCUT2D eigenvalue weighted by molar-refractivity contribution is 0.346. The van der Waals surface area contributed by atoms with Crippen molar-refractivity contribution in [2.45, 2.75) is 67.3 Å². The number of sulfonamides is 1. The van der Waals surface area contributed by atoms with E-state index in [9.17, 15) is 8.42 Å². The Labute approximate surface area is 187 Å². The molecule has 1 aliphatic carbocycles. The lowest BCUT2D eigenvalue weighted by Gasteiger charge is -2.25. The van der Waals surface area contributed by atoms with E-state index in [1.165, 1.54) is 12.8 Å². The van der Waals surface area contributed by atoms with Crippen molar-refractivity contribution >= 4 is 32.8 Å². The molecule has 0 amide bonds. The highest BCUT2D eigenvalue weighted by Crippen LogP contribution is 2.39. The van der Waals surface area contributed by atoms with Gasteiger partial charge in [0.15, 0.2) is 5.16 Å². The molecule has 2 aliphatic rings. The van der Waals surface area contributed by atoms with E-state index in [4.69, 9.17) is 4.98 Å². The van der Waals surface area contributed by atoms with Gasteiger partial charge in [0.05, 0.1) is 21.7 Å². The summed E-state index contributed by atoms with van der Waals surface area (Å²) in [5.41, 5.74) is 1.69. The molecule has 0 spiro atoms. The second-order valence-electron chi connectivity index (χ2n) is 8.35. The number of benzene rings is 1. The van der Waals surface area contributed by atoms with Gasteiger partial charge >= 0.3 is 0 Å². The van der Waals surface area contributed by atoms with Crippen molar-refractivity contribution in [1.82, 2.24) is 28.6 Å². The number of hydrogen-bond donors (Lipinski definition) is 0. The van der Waals surface area contributed by atoms with Crippen LogP contribution < -0.4 is 0 Å². The molecule has 0 N–H and O–H groups in total. The van der Waals surface area contributed by atoms with Crippen molar-refractivity contribution in [2.75, 3.05) is 13.1 Å². The number of aromatic nitrogens is 5. The van der Waals surface area contributed by atoms with Crippen molar-refractivity contribution < 1.29 is 8.42 Å². The zero-order chi connectivity index (χ0) is 21.6. The quantitative estimate of drug-likeness (QED) is 0.502. The molecule has 0 bridgehead atoms. The average Bonchev–Trinajstić information content (AvgIpc) is 3.47. The Kier molecular flexibility index (Phi) is 5.56. The molecular weight excluding hydrogens is 432 g/mol. The maximum absolute atomic E-state index is 13.1. The molecule has 8 nitrogen and oxygen atoms in total. The molecule has 1 aromatic carbocycles. The largest absolute Gasteiger partial charge is 0.328 e. The molecule has 2 aromatic heterocycles. The normalized spacial score (nSPS) is 18.1. The summed E-state index contributed by atoms with van der Waals surface area (Å²) in [6.07, 6.45) is 5.35. The number of thioether (sulfide) groups is 1. The molecule has 0 atom stereocenters. The predicted molar refractivity (Wildman–Crippen MR) is 121 cm³/mol. The number of nitrogens with zero attached hydrogens (tertiary/aromatic N) is 6. The smallest absolute Gasteiger partial charge is 0.243 e. The molecule has 166 valence electrons. The first-order chi connectivity index (χ1) is 15.0. The van der Waals surface area contributed by atoms with Crippen molar-refractivity contribution in [3.05, 3.63) is 29.8 Å². The summed E-state index contributed by atoms with van der Waals surface area (Å²) in [5, 5.41) is 9.60. The topological polar surface area (TPSA) is 85.9 Å². The molecule has 5 rings (SSSR count). The van der Waals surface area contributed by atoms with E-state index < -0.39 is 10.0 Å². The van der Waals surface area contributed by atoms with Gasteiger partial charge in [-0.3, -0.25) is 0 Å². The predicted octanol–water partition coefficient (Wildman–Crippen LogP) is 3.53. The van der Waals surface area contributed by atoms with Crippen LogP contribution in [0.1, 0.15) is 56.6 Å². The molecule has 2 fully saturated rings. The van der Waals surface area contributed by atoms with Crippen LogP contribution in [-0.2, 0) is 29.4 Å². The monoisotopic (exact) mass is 460 g/mol. The van der Waals surface area contributed by atoms with Crippen LogP contribution in [0.4, 0.5) is 0 Å². The van der Waals surface area contributed by atoms with Crippen LogP contribution in [0.5, 0.6) is 0 Å². The highest BCUT2D eigenvalue weighted by atomic mass is 32.2. The van der Waals surface area contributed by atoms with Crippen molar-refractivity contribution in [3.63, 3.8) is 0 Å². The van der Waals surface area contributed by atoms with Gasteiger partial charge in [-0.05, 0) is 50.8 Å². The van der Waals surface area contributed by atoms with Gasteiger partial charge in [-0.15, -0.1) is 10.2 Å². The van der Waals surface area contributed by atoms with E-state index in [2.05, 4.69) is 26.3 Å². The summed E-state index contributed by atoms with van der Waals surface area (Å²) in [7, 11) is -1.44. The van der Waals surface area contributed by atoms with Gasteiger partial charge in [0.2, 0.25) is 10.0 Å². The third kappa shape index (κ3) is 3.89. The number of imidazole rings is 1. The number of aryl methyl sites for hydroxylation is 1. The molecule has 0 unspecified atom stereocenters. The van der Waals surface area contributed by atoms with E-state index >= 15 is 0 Å². The fourth-order valence-corrected chi connectivity index (χ4v) is 6.72. The number of hydrogen-bond acceptors (Lipinski definition) is 6. The van der Waals surface area contributed by atoms with E-state index in [0.29, 0.717) is 29.7 Å². The van der Waals surface area contributed by atoms with Gasteiger partial charge in [0.1, 0.15) is 11.6 Å². The Hall–Kier alpha value is -1.91. The zero-order valence-corrected chi connectivity index (χ0v) is 19.6. The molecular formula is C21H28N6O2S2. The maximum Gasteiger partial charge on any atom is 0.243 e. The van der Waals surface area contributed by atoms with E-state index in [0.717, 1.165) is 53.6 Å². The van der Waals surface area contributed by atoms with Crippen molar-refractivity contribution in [3.8, 4) is 0 Å². The van der Waals surface area contributed by atoms with Crippen molar-refractivity contribution in [2.24, 2.45) is 7.05 Å². The van der Waals surface area contributed by atoms with Crippen LogP contribution in [0.25, 0.3) is 11.0 Å². The van der Waals surface area contributed by atoms with E-state index in [-0.39, 0.29) is 0 Å². The fourth-order valence-electron chi connectivity index (χ4n) is 4.32. The average molecular weight is 461 g/mol. The zero-order valence-electron chi connectivity index (χ0n) is 18.0. The SMILES string of the molecule is CCn1c(CSc2nnc(C3CC3)n2C)nc2cc(S(=O)(=O)N3CCCCC3)ccc21. The Balaban J connectivity index is 1.41. The lowest BCUT2D eigenvalue weighted by Crippen LogP contribution is -2.35. The number of rotatable bonds is 7. The van der Waals surface area contributed by atoms with E-state index in [1.54, 1.807) is 28.2 Å². The standard InChI is InChI=1S/C21H28N6O2S2/c1-3-27-18-10-9-16(31(28,29)26-11-5-4-6-12-26)13-17(18)22-19(27)14-30-21-24-23-20(25(21)2)15-7-8-15/h9-10,13,15H,3-8,11-12,14H2,1-2H3. The number of piperidine rings is 1. The van der Waals surface area contributed by atoms with Gasteiger partial charge in [0.25, 0.3) is 0 Å². The second-order valence-corrected chi connectivity index (χ2v) is 11.2. The molecule has 1 saturated carbocycles. The molecule has 3 heterocycles. The van der Waals surface area contributed by atoms with Gasteiger partial charge in [-0.2, -0.15) is 4.31 Å². The lowest BCUT2D eigenvalue weighted by atomic mass is 10.2. The Bertz CT molecular complexity index is 1210. The first kappa shape index (κ1) is 21.0. The van der Waals surface area contributed by atoms with Crippen molar-refractivity contribution in [1.29, 1.82) is 0 Å².